The summed E-state index contributed by atoms with van der Waals surface area (Å²) >= 11 is 9.38. The van der Waals surface area contributed by atoms with E-state index in [4.69, 9.17) is 11.6 Å². The number of nitrogens with zero attached hydrogens (tertiary/aromatic N) is 2. The van der Waals surface area contributed by atoms with E-state index >= 15 is 0 Å². The van der Waals surface area contributed by atoms with Gasteiger partial charge in [-0.05, 0) is 6.92 Å². The molecule has 0 spiro atoms. The Morgan fingerprint density at radius 1 is 1.83 bits per heavy atom. The molecule has 0 saturated carbocycles. The van der Waals surface area contributed by atoms with Crippen molar-refractivity contribution in [2.45, 2.75) is 12.4 Å². The fourth-order valence-electron chi connectivity index (χ4n) is 0.493. The summed E-state index contributed by atoms with van der Waals surface area (Å²) in [5.74, 6) is 0.295. The molecule has 0 aliphatic rings. The number of nitroso groups, excluding NO2 is 1. The van der Waals surface area contributed by atoms with Crippen LogP contribution in [-0.4, -0.2) is 28.8 Å². The Morgan fingerprint density at radius 3 is 2.75 bits per heavy atom. The fraction of sp³-hybridized carbons (Fsp3) is 0.800. The van der Waals surface area contributed by atoms with Crippen molar-refractivity contribution in [3.63, 3.8) is 0 Å². The first kappa shape index (κ1) is 11.5. The van der Waals surface area contributed by atoms with Crippen LogP contribution in [0.4, 0.5) is 4.79 Å². The molecule has 0 aromatic carbocycles. The highest BCUT2D eigenvalue weighted by atomic mass is 35.5. The normalized spacial score (nSPS) is 11.9. The number of nitrogens with one attached hydrogen (secondary N) is 1. The smallest absolute Gasteiger partial charge is 0.319 e. The van der Waals surface area contributed by atoms with Crippen LogP contribution in [0.5, 0.6) is 0 Å². The highest BCUT2D eigenvalue weighted by molar-refractivity contribution is 7.80. The molecular formula is C5H10ClN3O2S. The van der Waals surface area contributed by atoms with Crippen molar-refractivity contribution >= 4 is 30.3 Å². The first-order valence-corrected chi connectivity index (χ1v) is 4.38. The zero-order valence-corrected chi connectivity index (χ0v) is 8.18. The Kier molecular flexibility index (Phi) is 5.83. The van der Waals surface area contributed by atoms with Crippen molar-refractivity contribution in [1.82, 2.24) is 10.3 Å². The van der Waals surface area contributed by atoms with Crippen molar-refractivity contribution in [3.8, 4) is 0 Å². The van der Waals surface area contributed by atoms with Crippen LogP contribution in [0.1, 0.15) is 6.92 Å². The van der Waals surface area contributed by atoms with Gasteiger partial charge >= 0.3 is 6.03 Å². The Labute approximate surface area is 80.8 Å². The quantitative estimate of drug-likeness (QED) is 0.241. The first-order chi connectivity index (χ1) is 5.65. The number of carbonyl (C=O) groups is 1. The van der Waals surface area contributed by atoms with Crippen LogP contribution in [0, 0.1) is 4.91 Å². The summed E-state index contributed by atoms with van der Waals surface area (Å²) in [6, 6.07) is -0.610. The lowest BCUT2D eigenvalue weighted by molar-refractivity contribution is 0.201. The van der Waals surface area contributed by atoms with E-state index in [9.17, 15) is 9.70 Å². The molecule has 12 heavy (non-hydrogen) atoms. The predicted octanol–water partition coefficient (Wildman–Crippen LogP) is 1.19. The summed E-state index contributed by atoms with van der Waals surface area (Å²) in [6.45, 7) is 1.84. The molecule has 0 aromatic heterocycles. The van der Waals surface area contributed by atoms with Crippen LogP contribution in [0.2, 0.25) is 0 Å². The number of urea groups is 1. The van der Waals surface area contributed by atoms with Crippen molar-refractivity contribution in [3.05, 3.63) is 4.91 Å². The van der Waals surface area contributed by atoms with Crippen LogP contribution in [-0.2, 0) is 0 Å². The third kappa shape index (κ3) is 3.77. The van der Waals surface area contributed by atoms with Gasteiger partial charge in [-0.3, -0.25) is 0 Å². The van der Waals surface area contributed by atoms with Crippen LogP contribution < -0.4 is 5.32 Å². The minimum Gasteiger partial charge on any atom is -0.319 e. The van der Waals surface area contributed by atoms with Gasteiger partial charge in [-0.1, -0.05) is 11.6 Å². The van der Waals surface area contributed by atoms with Gasteiger partial charge in [-0.15, -0.1) is 4.91 Å². The molecule has 0 aromatic rings. The van der Waals surface area contributed by atoms with Gasteiger partial charge in [0.05, 0.1) is 5.29 Å². The molecule has 0 fully saturated rings. The number of halogens is 1. The van der Waals surface area contributed by atoms with Gasteiger partial charge in [0.15, 0.2) is 0 Å². The number of alkyl halides is 1. The van der Waals surface area contributed by atoms with Crippen molar-refractivity contribution in [2.75, 3.05) is 12.3 Å². The summed E-state index contributed by atoms with van der Waals surface area (Å²) in [7, 11) is 0. The highest BCUT2D eigenvalue weighted by Crippen LogP contribution is 1.96. The average molecular weight is 212 g/mol. The molecule has 2 amide bonds. The van der Waals surface area contributed by atoms with E-state index in [0.29, 0.717) is 5.75 Å². The second-order valence-electron chi connectivity index (χ2n) is 1.90. The standard InChI is InChI=1S/C5H10ClN3O2S/c1-2-9(8-11)5(10)7-4(6)3-12/h4,12H,2-3H2,1H3,(H,7,10). The molecule has 0 saturated heterocycles. The Morgan fingerprint density at radius 2 is 2.42 bits per heavy atom. The summed E-state index contributed by atoms with van der Waals surface area (Å²) in [5, 5.41) is 5.53. The van der Waals surface area contributed by atoms with Gasteiger partial charge in [-0.25, -0.2) is 4.79 Å². The van der Waals surface area contributed by atoms with E-state index in [1.165, 1.54) is 0 Å². The largest absolute Gasteiger partial charge is 0.341 e. The molecule has 1 N–H and O–H groups in total. The molecule has 0 radical (unpaired) electrons. The summed E-state index contributed by atoms with van der Waals surface area (Å²) in [5.41, 5.74) is -0.586. The monoisotopic (exact) mass is 211 g/mol. The fourth-order valence-corrected chi connectivity index (χ4v) is 0.677. The number of hydrogen-bond donors (Lipinski definition) is 2. The van der Waals surface area contributed by atoms with Gasteiger partial charge in [0.1, 0.15) is 5.50 Å². The van der Waals surface area contributed by atoms with Gasteiger partial charge in [-0.2, -0.15) is 17.6 Å². The van der Waals surface area contributed by atoms with Crippen LogP contribution >= 0.6 is 24.2 Å². The second-order valence-corrected chi connectivity index (χ2v) is 2.79. The topological polar surface area (TPSA) is 61.8 Å². The molecular weight excluding hydrogens is 202 g/mol. The lowest BCUT2D eigenvalue weighted by Gasteiger charge is -2.14. The van der Waals surface area contributed by atoms with E-state index in [1.54, 1.807) is 6.92 Å². The third-order valence-electron chi connectivity index (χ3n) is 1.07. The lowest BCUT2D eigenvalue weighted by atomic mass is 10.6. The molecule has 0 heterocycles. The molecule has 0 rings (SSSR count). The maximum absolute atomic E-state index is 11.0. The SMILES string of the molecule is CCN(N=O)C(=O)NC(Cl)CS. The van der Waals surface area contributed by atoms with E-state index in [2.05, 4.69) is 23.2 Å². The lowest BCUT2D eigenvalue weighted by Crippen LogP contribution is -2.40. The maximum Gasteiger partial charge on any atom is 0.341 e. The Balaban J connectivity index is 3.92. The second kappa shape index (κ2) is 6.07. The first-order valence-electron chi connectivity index (χ1n) is 3.32. The highest BCUT2D eigenvalue weighted by Gasteiger charge is 2.14. The minimum atomic E-state index is -0.610. The summed E-state index contributed by atoms with van der Waals surface area (Å²) in [4.78, 5) is 21.0. The Hall–Kier alpha value is -0.490. The predicted molar refractivity (Wildman–Crippen MR) is 50.2 cm³/mol. The molecule has 1 atom stereocenters. The Bertz CT molecular complexity index is 169. The number of amides is 2. The van der Waals surface area contributed by atoms with Crippen molar-refractivity contribution < 1.29 is 4.79 Å². The molecule has 70 valence electrons. The molecule has 5 nitrogen and oxygen atoms in total. The average Bonchev–Trinajstić information content (AvgIpc) is 2.06. The van der Waals surface area contributed by atoms with E-state index in [-0.39, 0.29) is 6.54 Å². The zero-order chi connectivity index (χ0) is 9.56. The maximum atomic E-state index is 11.0. The third-order valence-corrected chi connectivity index (χ3v) is 1.92. The van der Waals surface area contributed by atoms with Gasteiger partial charge in [0, 0.05) is 12.3 Å². The van der Waals surface area contributed by atoms with Gasteiger partial charge in [0.25, 0.3) is 0 Å². The summed E-state index contributed by atoms with van der Waals surface area (Å²) in [6.07, 6.45) is 0. The van der Waals surface area contributed by atoms with Crippen LogP contribution in [0.3, 0.4) is 0 Å². The van der Waals surface area contributed by atoms with E-state index in [0.717, 1.165) is 5.01 Å². The van der Waals surface area contributed by atoms with Crippen molar-refractivity contribution in [2.24, 2.45) is 5.29 Å². The van der Waals surface area contributed by atoms with E-state index in [1.807, 2.05) is 0 Å². The van der Waals surface area contributed by atoms with E-state index < -0.39 is 11.5 Å². The van der Waals surface area contributed by atoms with Crippen LogP contribution in [0.15, 0.2) is 5.29 Å². The molecule has 0 aliphatic heterocycles. The van der Waals surface area contributed by atoms with Crippen molar-refractivity contribution in [1.29, 1.82) is 0 Å². The number of thiol groups is 1. The van der Waals surface area contributed by atoms with Crippen LogP contribution in [0.25, 0.3) is 0 Å². The minimum absolute atomic E-state index is 0.214. The molecule has 0 bridgehead atoms. The zero-order valence-electron chi connectivity index (χ0n) is 6.53. The molecule has 1 unspecified atom stereocenters. The summed E-state index contributed by atoms with van der Waals surface area (Å²) < 4.78 is 0. The molecule has 0 aliphatic carbocycles. The number of rotatable bonds is 4. The van der Waals surface area contributed by atoms with Gasteiger partial charge in [0.2, 0.25) is 0 Å². The van der Waals surface area contributed by atoms with Gasteiger partial charge < -0.3 is 5.32 Å². The number of hydrogen-bond acceptors (Lipinski definition) is 4. The molecule has 7 heteroatoms. The number of carbonyl (C=O) groups excluding carboxylic acids is 1.